The molecule has 0 atom stereocenters. The van der Waals surface area contributed by atoms with Crippen LogP contribution in [0.5, 0.6) is 0 Å². The zero-order valence-corrected chi connectivity index (χ0v) is 83.9. The van der Waals surface area contributed by atoms with Crippen LogP contribution in [0.2, 0.25) is 0 Å². The maximum atomic E-state index is 9.91. The van der Waals surface area contributed by atoms with Crippen LogP contribution in [0.3, 0.4) is 0 Å². The fourth-order valence-corrected chi connectivity index (χ4v) is 19.8. The standard InChI is InChI=1S/C29H33N2O.C27H29N2O.C23H21N2O.3C13H12N.3Ir/c1-18-11-12-21-20-9-8-10-22(24(20)32-26(21)31-18)23-15-19(13-14-30-23)25-28(4,5)16-27(2,3)17-29(25,6)7;1-17-10-11-20-19-8-6-9-21(23(19)30-25(20)29-17)22-16-18(12-15-28-22)24-26(2,3)13-7-14-27(24,4)5;1-15-9-10-19-18-7-4-8-20(22(18)26-23(19)25-15)21-14-17(11-12-24-21)13-16-5-2-3-6-16;3*1-10-3-6-12(7-4-10)13-8-5-11(2)9-14-13;;;/h8-9,11-15,25H,16-17H2,1-7H3;6,8,10-12,15-16,24H,7,13-14H2,1-5H3;4,7,9-12,14,16H,2-3,5-6,13H2,1H3;3*3-6,8-9H,1-2H3;;;/q6*-1;;;/i25D;24D;13D2;3*1D3,2D3;;;. The van der Waals surface area contributed by atoms with Crippen LogP contribution in [0.4, 0.5) is 0 Å². The summed E-state index contributed by atoms with van der Waals surface area (Å²) in [5, 5.41) is 5.96. The van der Waals surface area contributed by atoms with Crippen LogP contribution in [0.15, 0.2) is 251 Å². The number of aryl methyl sites for hydroxylation is 9. The maximum Gasteiger partial charge on any atom is 0.216 e. The Kier molecular flexibility index (Phi) is 23.3. The molecule has 12 aromatic heterocycles. The van der Waals surface area contributed by atoms with Crippen LogP contribution < -0.4 is 0 Å². The van der Waals surface area contributed by atoms with E-state index in [9.17, 15) is 2.74 Å². The van der Waals surface area contributed by atoms with E-state index in [2.05, 4.69) is 170 Å². The predicted molar refractivity (Wildman–Crippen MR) is 532 cm³/mol. The van der Waals surface area contributed by atoms with Crippen LogP contribution in [0.25, 0.3) is 134 Å². The van der Waals surface area contributed by atoms with Gasteiger partial charge in [-0.1, -0.05) is 215 Å². The van der Waals surface area contributed by atoms with E-state index in [-0.39, 0.29) is 127 Å². The molecule has 3 radical (unpaired) electrons. The zero-order valence-electron chi connectivity index (χ0n) is 98.7. The summed E-state index contributed by atoms with van der Waals surface area (Å²) < 4.78 is 186. The predicted octanol–water partition coefficient (Wildman–Crippen LogP) is 31.0. The van der Waals surface area contributed by atoms with Crippen molar-refractivity contribution in [3.8, 4) is 67.5 Å². The fraction of sp³-hybridized carbons (Fsp3) is 0.314. The summed E-state index contributed by atoms with van der Waals surface area (Å²) in [5.74, 6) is -1.40. The SMILES string of the molecule is [2H]C([2H])([2H])c1c[c-]c(-c2ccc(C([2H])([2H])[2H])cn2)cc1.[2H]C([2H])([2H])c1c[c-]c(-c2ccc(C([2H])([2H])[2H])cn2)cc1.[2H]C([2H])([2H])c1c[c-]c(-c2ccc(C([2H])([2H])[2H])cn2)cc1.[2H]C([2H])(c1ccnc(-c2[c-]ccc3c2oc2nc(C)ccc23)c1)C1CCCC1.[2H]C1(c2ccnc(-c3[c-]ccc4c3oc3nc(C)ccc34)c2)C(C)(C)CC(C)(C)CC1(C)C.[2H]C1(c2ccnc(-c3[c-]ccc4c3oc3nc(C)ccc34)c2)C(C)(C)CCCC1(C)C.[Ir].[Ir].[Ir]. The van der Waals surface area contributed by atoms with E-state index in [1.165, 1.54) is 73.2 Å². The summed E-state index contributed by atoms with van der Waals surface area (Å²) in [6.07, 6.45) is 17.3. The monoisotopic (exact) mass is 2310 g/mol. The van der Waals surface area contributed by atoms with Gasteiger partial charge in [-0.05, 0) is 235 Å². The molecule has 0 amide bonds. The van der Waals surface area contributed by atoms with Crippen LogP contribution in [-0.2, 0) is 66.7 Å². The number of benzene rings is 6. The molecule has 12 heterocycles. The average Bonchev–Trinajstić information content (AvgIpc) is 1.66. The number of hydrogen-bond acceptors (Lipinski definition) is 12. The first-order valence-electron chi connectivity index (χ1n) is 55.1. The molecule has 0 unspecified atom stereocenters. The molecule has 15 heteroatoms. The Hall–Kier alpha value is -11.0. The molecule has 0 saturated heterocycles. The Morgan fingerprint density at radius 3 is 1.02 bits per heavy atom. The third-order valence-electron chi connectivity index (χ3n) is 24.4. The summed E-state index contributed by atoms with van der Waals surface area (Å²) in [5.41, 5.74) is 18.4. The van der Waals surface area contributed by atoms with Crippen molar-refractivity contribution in [2.24, 2.45) is 33.0 Å². The van der Waals surface area contributed by atoms with Gasteiger partial charge in [-0.15, -0.1) is 161 Å². The molecular weight excluding hydrogens is 2170 g/mol. The summed E-state index contributed by atoms with van der Waals surface area (Å²) >= 11 is 0. The minimum absolute atomic E-state index is 0. The van der Waals surface area contributed by atoms with Gasteiger partial charge in [0, 0.05) is 161 Å². The third-order valence-corrected chi connectivity index (χ3v) is 24.4. The van der Waals surface area contributed by atoms with Crippen molar-refractivity contribution in [3.05, 3.63) is 341 Å². The number of nitrogens with zero attached hydrogens (tertiary/aromatic N) is 9. The van der Waals surface area contributed by atoms with Gasteiger partial charge in [-0.3, -0.25) is 0 Å². The van der Waals surface area contributed by atoms with E-state index in [0.717, 1.165) is 158 Å². The van der Waals surface area contributed by atoms with E-state index in [4.69, 9.17) is 45.7 Å². The summed E-state index contributed by atoms with van der Waals surface area (Å²) in [4.78, 5) is 39.7. The van der Waals surface area contributed by atoms with Gasteiger partial charge in [0.05, 0.1) is 16.7 Å². The Balaban J connectivity index is 0.000000156. The molecule has 3 fully saturated rings. The topological polar surface area (TPSA) is 155 Å². The molecule has 687 valence electrons. The van der Waals surface area contributed by atoms with E-state index in [1.54, 1.807) is 48.7 Å². The molecule has 133 heavy (non-hydrogen) atoms. The molecule has 3 aliphatic rings. The van der Waals surface area contributed by atoms with Crippen LogP contribution in [0, 0.1) is 131 Å². The number of aromatic nitrogens is 9. The zero-order chi connectivity index (χ0) is 110. The van der Waals surface area contributed by atoms with Crippen LogP contribution >= 0.6 is 0 Å². The van der Waals surface area contributed by atoms with Gasteiger partial charge >= 0.3 is 0 Å². The molecule has 0 bridgehead atoms. The first-order valence-corrected chi connectivity index (χ1v) is 44.1. The van der Waals surface area contributed by atoms with Gasteiger partial charge in [0.25, 0.3) is 0 Å². The number of furan rings is 3. The van der Waals surface area contributed by atoms with Gasteiger partial charge in [-0.25, -0.2) is 15.0 Å². The average molecular weight is 2310 g/mol. The molecule has 18 aromatic rings. The van der Waals surface area contributed by atoms with Crippen molar-refractivity contribution in [2.75, 3.05) is 0 Å². The molecule has 0 spiro atoms. The van der Waals surface area contributed by atoms with Crippen molar-refractivity contribution in [1.29, 1.82) is 0 Å². The van der Waals surface area contributed by atoms with E-state index in [0.29, 0.717) is 67.8 Å². The molecule has 21 rings (SSSR count). The number of pyridine rings is 9. The number of fused-ring (bicyclic) bond motifs is 9. The molecule has 0 aliphatic heterocycles. The van der Waals surface area contributed by atoms with E-state index < -0.39 is 59.3 Å². The third kappa shape index (κ3) is 23.3. The Morgan fingerprint density at radius 2 is 0.692 bits per heavy atom. The first-order chi connectivity index (χ1) is 71.1. The summed E-state index contributed by atoms with van der Waals surface area (Å²) in [6.45, 7) is 15.5. The Morgan fingerprint density at radius 1 is 0.353 bits per heavy atom. The van der Waals surface area contributed by atoms with Gasteiger partial charge in [-0.2, -0.15) is 0 Å². The van der Waals surface area contributed by atoms with Crippen molar-refractivity contribution in [3.63, 3.8) is 0 Å². The summed E-state index contributed by atoms with van der Waals surface area (Å²) in [6, 6.07) is 77.0. The van der Waals surface area contributed by atoms with Gasteiger partial charge in [0.2, 0.25) is 17.1 Å². The Bertz CT molecular complexity index is 7530. The van der Waals surface area contributed by atoms with Gasteiger partial charge < -0.3 is 43.2 Å². The van der Waals surface area contributed by atoms with Gasteiger partial charge in [0.1, 0.15) is 0 Å². The van der Waals surface area contributed by atoms with Crippen molar-refractivity contribution >= 4 is 66.2 Å². The second-order valence-corrected chi connectivity index (χ2v) is 37.3. The molecule has 0 N–H and O–H groups in total. The second-order valence-electron chi connectivity index (χ2n) is 37.3. The second kappa shape index (κ2) is 42.3. The van der Waals surface area contributed by atoms with Crippen molar-refractivity contribution in [2.45, 2.75) is 207 Å². The fourth-order valence-electron chi connectivity index (χ4n) is 19.8. The molecular formula is C118H119Ir3N9O3-6. The molecule has 3 saturated carbocycles. The quantitative estimate of drug-likeness (QED) is 0.120. The summed E-state index contributed by atoms with van der Waals surface area (Å²) in [7, 11) is 0. The van der Waals surface area contributed by atoms with Crippen molar-refractivity contribution < 1.29 is 104 Å². The minimum atomic E-state index is -2.18. The first kappa shape index (κ1) is 73.4. The van der Waals surface area contributed by atoms with Crippen LogP contribution in [-0.4, -0.2) is 44.9 Å². The van der Waals surface area contributed by atoms with Gasteiger partial charge in [0.15, 0.2) is 0 Å². The molecule has 12 nitrogen and oxygen atoms in total. The number of hydrogen-bond donors (Lipinski definition) is 0. The smallest absolute Gasteiger partial charge is 0.216 e. The van der Waals surface area contributed by atoms with Crippen LogP contribution in [0.1, 0.15) is 236 Å². The Labute approximate surface area is 857 Å². The van der Waals surface area contributed by atoms with E-state index in [1.807, 2.05) is 112 Å². The molecule has 3 aliphatic carbocycles. The minimum Gasteiger partial charge on any atom is -0.486 e. The molecule has 6 aromatic carbocycles. The van der Waals surface area contributed by atoms with E-state index >= 15 is 0 Å². The maximum absolute atomic E-state index is 9.91. The largest absolute Gasteiger partial charge is 0.486 e. The normalized spacial score (nSPS) is 18.9. The van der Waals surface area contributed by atoms with Crippen molar-refractivity contribution in [1.82, 2.24) is 44.9 Å². The number of rotatable bonds is 10.